The summed E-state index contributed by atoms with van der Waals surface area (Å²) in [5.41, 5.74) is 2.96. The topological polar surface area (TPSA) is 17.1 Å². The molecule has 21 heavy (non-hydrogen) atoms. The number of benzene rings is 2. The van der Waals surface area contributed by atoms with E-state index in [0.717, 1.165) is 11.1 Å². The highest BCUT2D eigenvalue weighted by molar-refractivity contribution is 6.42. The Kier molecular flexibility index (Phi) is 4.32. The predicted octanol–water partition coefficient (Wildman–Crippen LogP) is 5.69. The van der Waals surface area contributed by atoms with Crippen molar-refractivity contribution in [1.29, 1.82) is 0 Å². The van der Waals surface area contributed by atoms with Gasteiger partial charge in [0.05, 0.1) is 10.0 Å². The number of hydrogen-bond donors (Lipinski definition) is 0. The van der Waals surface area contributed by atoms with Crippen LogP contribution in [0.2, 0.25) is 10.0 Å². The maximum absolute atomic E-state index is 12.6. The van der Waals surface area contributed by atoms with E-state index in [1.807, 2.05) is 24.3 Å². The quantitative estimate of drug-likeness (QED) is 0.662. The monoisotopic (exact) mass is 318 g/mol. The van der Waals surface area contributed by atoms with Crippen LogP contribution in [0.1, 0.15) is 46.7 Å². The van der Waals surface area contributed by atoms with Gasteiger partial charge >= 0.3 is 0 Å². The molecule has 1 saturated carbocycles. The van der Waals surface area contributed by atoms with E-state index in [0.29, 0.717) is 22.4 Å². The zero-order valence-corrected chi connectivity index (χ0v) is 13.1. The van der Waals surface area contributed by atoms with Crippen LogP contribution in [0.15, 0.2) is 42.5 Å². The summed E-state index contributed by atoms with van der Waals surface area (Å²) in [6.07, 6.45) is 4.01. The van der Waals surface area contributed by atoms with E-state index < -0.39 is 0 Å². The van der Waals surface area contributed by atoms with E-state index in [1.165, 1.54) is 24.8 Å². The van der Waals surface area contributed by atoms with E-state index in [4.69, 9.17) is 23.2 Å². The minimum Gasteiger partial charge on any atom is -0.294 e. The van der Waals surface area contributed by atoms with Crippen molar-refractivity contribution < 1.29 is 4.79 Å². The first-order valence-corrected chi connectivity index (χ1v) is 7.97. The average molecular weight is 319 g/mol. The van der Waals surface area contributed by atoms with Crippen molar-refractivity contribution in [2.75, 3.05) is 0 Å². The van der Waals surface area contributed by atoms with Crippen LogP contribution in [0.5, 0.6) is 0 Å². The third-order valence-electron chi connectivity index (χ3n) is 4.15. The molecule has 0 spiro atoms. The fourth-order valence-corrected chi connectivity index (χ4v) is 3.08. The number of hydrogen-bond acceptors (Lipinski definition) is 1. The second kappa shape index (κ2) is 6.21. The molecule has 1 nitrogen and oxygen atoms in total. The molecule has 1 fully saturated rings. The van der Waals surface area contributed by atoms with Gasteiger partial charge in [-0.25, -0.2) is 0 Å². The number of carbonyl (C=O) groups is 1. The average Bonchev–Trinajstić information content (AvgIpc) is 2.42. The van der Waals surface area contributed by atoms with Gasteiger partial charge in [0.1, 0.15) is 0 Å². The Morgan fingerprint density at radius 2 is 1.81 bits per heavy atom. The van der Waals surface area contributed by atoms with Gasteiger partial charge < -0.3 is 0 Å². The minimum atomic E-state index is 0.149. The Labute approximate surface area is 134 Å². The first-order chi connectivity index (χ1) is 10.1. The van der Waals surface area contributed by atoms with Gasteiger partial charge in [-0.3, -0.25) is 4.79 Å². The number of Topliss-reactive ketones (excluding diaryl/α,β-unsaturated/α-hetero) is 1. The fourth-order valence-electron chi connectivity index (χ4n) is 2.76. The Bertz CT molecular complexity index is 675. The van der Waals surface area contributed by atoms with Crippen molar-refractivity contribution in [3.63, 3.8) is 0 Å². The lowest BCUT2D eigenvalue weighted by molar-refractivity contribution is 0.0991. The van der Waals surface area contributed by atoms with Gasteiger partial charge in [0, 0.05) is 12.0 Å². The maximum Gasteiger partial charge on any atom is 0.167 e. The molecule has 0 bridgehead atoms. The maximum atomic E-state index is 12.6. The third kappa shape index (κ3) is 3.14. The lowest BCUT2D eigenvalue weighted by Crippen LogP contribution is -2.15. The van der Waals surface area contributed by atoms with Crippen molar-refractivity contribution in [2.24, 2.45) is 0 Å². The molecular weight excluding hydrogens is 303 g/mol. The van der Waals surface area contributed by atoms with Crippen LogP contribution in [0.3, 0.4) is 0 Å². The van der Waals surface area contributed by atoms with Gasteiger partial charge in [0.25, 0.3) is 0 Å². The fraction of sp³-hybridized carbons (Fsp3) is 0.278. The van der Waals surface area contributed by atoms with Crippen molar-refractivity contribution in [3.8, 4) is 0 Å². The molecule has 0 saturated heterocycles. The number of halogens is 2. The van der Waals surface area contributed by atoms with Gasteiger partial charge in [-0.05, 0) is 42.0 Å². The van der Waals surface area contributed by atoms with Crippen molar-refractivity contribution in [1.82, 2.24) is 0 Å². The number of ketones is 1. The molecule has 0 heterocycles. The largest absolute Gasteiger partial charge is 0.294 e. The van der Waals surface area contributed by atoms with Gasteiger partial charge in [0.15, 0.2) is 5.78 Å². The Morgan fingerprint density at radius 1 is 1.05 bits per heavy atom. The van der Waals surface area contributed by atoms with Crippen molar-refractivity contribution >= 4 is 29.0 Å². The molecule has 0 aromatic heterocycles. The lowest BCUT2D eigenvalue weighted by atomic mass is 9.77. The summed E-state index contributed by atoms with van der Waals surface area (Å²) in [4.78, 5) is 12.6. The highest BCUT2D eigenvalue weighted by atomic mass is 35.5. The summed E-state index contributed by atoms with van der Waals surface area (Å²) in [7, 11) is 0. The molecule has 108 valence electrons. The Hall–Kier alpha value is -1.31. The molecule has 1 aliphatic rings. The van der Waals surface area contributed by atoms with E-state index >= 15 is 0 Å². The SMILES string of the molecule is O=C(Cc1ccc(Cl)c(Cl)c1)c1ccccc1C1CCC1. The van der Waals surface area contributed by atoms with Crippen molar-refractivity contribution in [3.05, 3.63) is 69.2 Å². The highest BCUT2D eigenvalue weighted by Gasteiger charge is 2.24. The lowest BCUT2D eigenvalue weighted by Gasteiger charge is -2.27. The van der Waals surface area contributed by atoms with Crippen LogP contribution in [0, 0.1) is 0 Å². The van der Waals surface area contributed by atoms with Gasteiger partial charge in [-0.2, -0.15) is 0 Å². The second-order valence-corrected chi connectivity index (χ2v) is 6.38. The smallest absolute Gasteiger partial charge is 0.167 e. The summed E-state index contributed by atoms with van der Waals surface area (Å²) in [5.74, 6) is 0.704. The van der Waals surface area contributed by atoms with Crippen LogP contribution in [0.25, 0.3) is 0 Å². The van der Waals surface area contributed by atoms with E-state index in [9.17, 15) is 4.79 Å². The molecule has 0 amide bonds. The van der Waals surface area contributed by atoms with Gasteiger partial charge in [0.2, 0.25) is 0 Å². The first kappa shape index (κ1) is 14.6. The standard InChI is InChI=1S/C18H16Cl2O/c19-16-9-8-12(10-17(16)20)11-18(21)15-7-2-1-6-14(15)13-4-3-5-13/h1-2,6-10,13H,3-5,11H2. The summed E-state index contributed by atoms with van der Waals surface area (Å²) >= 11 is 11.9. The molecule has 2 aromatic rings. The zero-order chi connectivity index (χ0) is 14.8. The van der Waals surface area contributed by atoms with Crippen LogP contribution < -0.4 is 0 Å². The molecule has 0 atom stereocenters. The Morgan fingerprint density at radius 3 is 2.48 bits per heavy atom. The van der Waals surface area contributed by atoms with Gasteiger partial charge in [-0.1, -0.05) is 60.0 Å². The predicted molar refractivity (Wildman–Crippen MR) is 87.5 cm³/mol. The molecule has 3 heteroatoms. The molecule has 0 N–H and O–H groups in total. The van der Waals surface area contributed by atoms with Crippen LogP contribution in [-0.2, 0) is 6.42 Å². The first-order valence-electron chi connectivity index (χ1n) is 7.21. The summed E-state index contributed by atoms with van der Waals surface area (Å²) < 4.78 is 0. The van der Waals surface area contributed by atoms with Crippen LogP contribution in [-0.4, -0.2) is 5.78 Å². The molecule has 0 radical (unpaired) electrons. The molecule has 2 aromatic carbocycles. The molecule has 0 unspecified atom stereocenters. The normalized spacial score (nSPS) is 14.8. The van der Waals surface area contributed by atoms with Crippen LogP contribution >= 0.6 is 23.2 Å². The van der Waals surface area contributed by atoms with E-state index in [2.05, 4.69) is 6.07 Å². The molecule has 1 aliphatic carbocycles. The summed E-state index contributed by atoms with van der Waals surface area (Å²) in [5, 5.41) is 1.01. The molecule has 3 rings (SSSR count). The number of carbonyl (C=O) groups excluding carboxylic acids is 1. The minimum absolute atomic E-state index is 0.149. The van der Waals surface area contributed by atoms with E-state index in [1.54, 1.807) is 12.1 Å². The van der Waals surface area contributed by atoms with Crippen molar-refractivity contribution in [2.45, 2.75) is 31.6 Å². The van der Waals surface area contributed by atoms with Gasteiger partial charge in [-0.15, -0.1) is 0 Å². The summed E-state index contributed by atoms with van der Waals surface area (Å²) in [6, 6.07) is 13.4. The van der Waals surface area contributed by atoms with Crippen LogP contribution in [0.4, 0.5) is 0 Å². The second-order valence-electron chi connectivity index (χ2n) is 5.56. The van der Waals surface area contributed by atoms with E-state index in [-0.39, 0.29) is 5.78 Å². The highest BCUT2D eigenvalue weighted by Crippen LogP contribution is 2.38. The molecule has 0 aliphatic heterocycles. The summed E-state index contributed by atoms with van der Waals surface area (Å²) in [6.45, 7) is 0. The number of rotatable bonds is 4. The Balaban J connectivity index is 1.83. The zero-order valence-electron chi connectivity index (χ0n) is 11.6. The third-order valence-corrected chi connectivity index (χ3v) is 4.89. The molecular formula is C18H16Cl2O.